The van der Waals surface area contributed by atoms with E-state index < -0.39 is 5.56 Å². The van der Waals surface area contributed by atoms with Gasteiger partial charge >= 0.3 is 0 Å². The molecule has 0 saturated carbocycles. The van der Waals surface area contributed by atoms with Crippen molar-refractivity contribution in [1.82, 2.24) is 34.3 Å². The first kappa shape index (κ1) is 17.4. The molecule has 5 aromatic rings. The highest BCUT2D eigenvalue weighted by Crippen LogP contribution is 2.27. The van der Waals surface area contributed by atoms with Gasteiger partial charge in [0.1, 0.15) is 5.69 Å². The monoisotopic (exact) mass is 448 g/mol. The van der Waals surface area contributed by atoms with Crippen LogP contribution in [0.15, 0.2) is 64.3 Å². The second kappa shape index (κ2) is 6.74. The molecule has 0 aliphatic rings. The number of anilines is 2. The van der Waals surface area contributed by atoms with Crippen LogP contribution in [0.5, 0.6) is 0 Å². The van der Waals surface area contributed by atoms with E-state index in [1.54, 1.807) is 33.6 Å². The highest BCUT2D eigenvalue weighted by Gasteiger charge is 2.16. The smallest absolute Gasteiger partial charge is 0.293 e. The zero-order valence-corrected chi connectivity index (χ0v) is 16.7. The summed E-state index contributed by atoms with van der Waals surface area (Å²) in [4.78, 5) is 25.4. The molecule has 4 aromatic heterocycles. The molecule has 29 heavy (non-hydrogen) atoms. The van der Waals surface area contributed by atoms with Crippen molar-refractivity contribution < 1.29 is 0 Å². The van der Waals surface area contributed by atoms with Crippen molar-refractivity contribution in [3.8, 4) is 11.4 Å². The van der Waals surface area contributed by atoms with Crippen molar-refractivity contribution in [1.29, 1.82) is 0 Å². The Balaban J connectivity index is 1.78. The van der Waals surface area contributed by atoms with Gasteiger partial charge in [-0.05, 0) is 30.3 Å². The van der Waals surface area contributed by atoms with E-state index in [0.29, 0.717) is 22.9 Å². The fourth-order valence-corrected chi connectivity index (χ4v) is 3.34. The first-order valence-electron chi connectivity index (χ1n) is 8.66. The summed E-state index contributed by atoms with van der Waals surface area (Å²) >= 11 is 3.48. The summed E-state index contributed by atoms with van der Waals surface area (Å²) in [6.45, 7) is 0. The van der Waals surface area contributed by atoms with Crippen molar-refractivity contribution in [2.24, 2.45) is 7.05 Å². The second-order valence-electron chi connectivity index (χ2n) is 6.34. The van der Waals surface area contributed by atoms with Gasteiger partial charge in [0, 0.05) is 29.3 Å². The quantitative estimate of drug-likeness (QED) is 0.452. The number of rotatable bonds is 3. The van der Waals surface area contributed by atoms with E-state index >= 15 is 0 Å². The molecule has 142 valence electrons. The maximum Gasteiger partial charge on any atom is 0.293 e. The summed E-state index contributed by atoms with van der Waals surface area (Å²) < 4.78 is 4.16. The number of hydrogen-bond donors (Lipinski definition) is 1. The Kier molecular flexibility index (Phi) is 4.06. The van der Waals surface area contributed by atoms with Crippen LogP contribution < -0.4 is 10.9 Å². The number of halogens is 1. The van der Waals surface area contributed by atoms with E-state index in [9.17, 15) is 4.79 Å². The van der Waals surface area contributed by atoms with E-state index in [-0.39, 0.29) is 5.69 Å². The van der Waals surface area contributed by atoms with E-state index in [0.717, 1.165) is 15.4 Å². The maximum atomic E-state index is 12.2. The molecule has 0 radical (unpaired) electrons. The summed E-state index contributed by atoms with van der Waals surface area (Å²) in [7, 11) is 1.83. The zero-order chi connectivity index (χ0) is 20.0. The molecule has 0 aliphatic carbocycles. The lowest BCUT2D eigenvalue weighted by molar-refractivity contribution is 0.768. The molecule has 0 unspecified atom stereocenters. The van der Waals surface area contributed by atoms with Gasteiger partial charge in [0.25, 0.3) is 5.56 Å². The van der Waals surface area contributed by atoms with Crippen molar-refractivity contribution in [2.75, 3.05) is 5.32 Å². The Bertz CT molecular complexity index is 1440. The van der Waals surface area contributed by atoms with Crippen LogP contribution >= 0.6 is 15.9 Å². The first-order chi connectivity index (χ1) is 14.1. The molecule has 5 rings (SSSR count). The molecule has 1 N–H and O–H groups in total. The van der Waals surface area contributed by atoms with Crippen LogP contribution in [-0.2, 0) is 7.05 Å². The third-order valence-electron chi connectivity index (χ3n) is 4.33. The molecule has 0 aliphatic heterocycles. The molecular weight excluding hydrogens is 436 g/mol. The van der Waals surface area contributed by atoms with E-state index in [1.165, 1.54) is 6.20 Å². The van der Waals surface area contributed by atoms with Gasteiger partial charge in [0.2, 0.25) is 5.95 Å². The van der Waals surface area contributed by atoms with Gasteiger partial charge in [-0.15, -0.1) is 5.10 Å². The van der Waals surface area contributed by atoms with Gasteiger partial charge in [-0.2, -0.15) is 9.61 Å². The molecule has 0 amide bonds. The van der Waals surface area contributed by atoms with Crippen molar-refractivity contribution in [3.63, 3.8) is 0 Å². The number of aromatic nitrogens is 7. The minimum absolute atomic E-state index is 0.288. The molecule has 9 nitrogen and oxygen atoms in total. The molecule has 4 heterocycles. The van der Waals surface area contributed by atoms with Gasteiger partial charge in [0.15, 0.2) is 11.5 Å². The molecule has 0 atom stereocenters. The number of nitrogens with zero attached hydrogens (tertiary/aromatic N) is 7. The van der Waals surface area contributed by atoms with Crippen molar-refractivity contribution >= 4 is 44.1 Å². The molecule has 0 spiro atoms. The fraction of sp³-hybridized carbons (Fsp3) is 0.0526. The minimum Gasteiger partial charge on any atom is -0.319 e. The van der Waals surface area contributed by atoms with Gasteiger partial charge in [-0.3, -0.25) is 9.48 Å². The zero-order valence-electron chi connectivity index (χ0n) is 15.1. The topological polar surface area (TPSA) is 103 Å². The first-order valence-corrected chi connectivity index (χ1v) is 9.45. The predicted molar refractivity (Wildman–Crippen MR) is 112 cm³/mol. The Morgan fingerprint density at radius 2 is 2.03 bits per heavy atom. The summed E-state index contributed by atoms with van der Waals surface area (Å²) in [6.07, 6.45) is 4.99. The Labute approximate surface area is 172 Å². The van der Waals surface area contributed by atoms with E-state index in [4.69, 9.17) is 4.98 Å². The Morgan fingerprint density at radius 3 is 2.86 bits per heavy atom. The summed E-state index contributed by atoms with van der Waals surface area (Å²) in [5, 5.41) is 12.7. The highest BCUT2D eigenvalue weighted by molar-refractivity contribution is 9.10. The summed E-state index contributed by atoms with van der Waals surface area (Å²) in [5.41, 5.74) is 2.00. The van der Waals surface area contributed by atoms with E-state index in [1.807, 2.05) is 31.4 Å². The SMILES string of the molecule is Cn1cc(-c2nc3c4ccc(Br)cc4nc(Nc4ccccnc4=O)n3n2)cn1. The largest absolute Gasteiger partial charge is 0.319 e. The summed E-state index contributed by atoms with van der Waals surface area (Å²) in [6, 6.07) is 10.8. The predicted octanol–water partition coefficient (Wildman–Crippen LogP) is 2.94. The lowest BCUT2D eigenvalue weighted by Crippen LogP contribution is -2.11. The molecular formula is C19H13BrN8O. The van der Waals surface area contributed by atoms with Crippen LogP contribution in [0.1, 0.15) is 0 Å². The average molecular weight is 449 g/mol. The number of aryl methyl sites for hydroxylation is 1. The number of fused-ring (bicyclic) bond motifs is 3. The van der Waals surface area contributed by atoms with Gasteiger partial charge < -0.3 is 5.32 Å². The minimum atomic E-state index is -0.396. The number of benzene rings is 1. The normalized spacial score (nSPS) is 11.2. The molecule has 0 bridgehead atoms. The molecule has 0 saturated heterocycles. The van der Waals surface area contributed by atoms with Crippen LogP contribution in [0.3, 0.4) is 0 Å². The van der Waals surface area contributed by atoms with Crippen LogP contribution in [0, 0.1) is 0 Å². The van der Waals surface area contributed by atoms with Crippen LogP contribution in [0.4, 0.5) is 11.6 Å². The summed E-state index contributed by atoms with van der Waals surface area (Å²) in [5.74, 6) is 0.871. The van der Waals surface area contributed by atoms with Crippen molar-refractivity contribution in [3.05, 3.63) is 69.8 Å². The van der Waals surface area contributed by atoms with Gasteiger partial charge in [-0.1, -0.05) is 22.0 Å². The van der Waals surface area contributed by atoms with Crippen LogP contribution in [0.25, 0.3) is 27.9 Å². The van der Waals surface area contributed by atoms with Crippen LogP contribution in [-0.4, -0.2) is 34.3 Å². The van der Waals surface area contributed by atoms with Gasteiger partial charge in [0.05, 0.1) is 17.3 Å². The Morgan fingerprint density at radius 1 is 1.14 bits per heavy atom. The van der Waals surface area contributed by atoms with Crippen molar-refractivity contribution in [2.45, 2.75) is 0 Å². The highest BCUT2D eigenvalue weighted by atomic mass is 79.9. The molecule has 10 heteroatoms. The molecule has 1 aromatic carbocycles. The Hall–Kier alpha value is -3.66. The molecule has 0 fully saturated rings. The third kappa shape index (κ3) is 3.13. The number of hydrogen-bond acceptors (Lipinski definition) is 7. The lowest BCUT2D eigenvalue weighted by atomic mass is 10.2. The van der Waals surface area contributed by atoms with Crippen LogP contribution in [0.2, 0.25) is 0 Å². The third-order valence-corrected chi connectivity index (χ3v) is 4.82. The standard InChI is InChI=1S/C19H13BrN8O/c1-27-10-11(9-22-27)16-25-17-13-6-5-12(20)8-15(13)24-19(28(17)26-16)23-14-4-2-3-7-21-18(14)29/h2-10H,1H3,(H,21,23,24,29). The average Bonchev–Trinajstić information content (AvgIpc) is 3.27. The fourth-order valence-electron chi connectivity index (χ4n) is 2.99. The second-order valence-corrected chi connectivity index (χ2v) is 7.26. The lowest BCUT2D eigenvalue weighted by Gasteiger charge is -2.07. The van der Waals surface area contributed by atoms with Gasteiger partial charge in [-0.25, -0.2) is 15.0 Å². The number of nitrogens with one attached hydrogen (secondary N) is 1. The van der Waals surface area contributed by atoms with E-state index in [2.05, 4.69) is 41.4 Å². The maximum absolute atomic E-state index is 12.2.